The maximum absolute atomic E-state index is 12.0. The second-order valence-electron chi connectivity index (χ2n) is 5.58. The molecule has 0 atom stereocenters. The van der Waals surface area contributed by atoms with E-state index in [9.17, 15) is 4.79 Å². The van der Waals surface area contributed by atoms with Gasteiger partial charge in [-0.15, -0.1) is 0 Å². The van der Waals surface area contributed by atoms with Gasteiger partial charge in [-0.05, 0) is 31.0 Å². The molecule has 1 aliphatic carbocycles. The zero-order valence-electron chi connectivity index (χ0n) is 12.0. The molecule has 1 aliphatic rings. The van der Waals surface area contributed by atoms with Crippen LogP contribution in [0.15, 0.2) is 36.5 Å². The molecule has 1 N–H and O–H groups in total. The average Bonchev–Trinajstić information content (AvgIpc) is 2.75. The van der Waals surface area contributed by atoms with Gasteiger partial charge in [0.2, 0.25) is 0 Å². The lowest BCUT2D eigenvalue weighted by molar-refractivity contribution is 0.194. The summed E-state index contributed by atoms with van der Waals surface area (Å²) in [6.07, 6.45) is 8.38. The molecule has 1 amide bonds. The van der Waals surface area contributed by atoms with E-state index in [-0.39, 0.29) is 12.1 Å². The highest BCUT2D eigenvalue weighted by Gasteiger charge is 2.15. The fourth-order valence-electron chi connectivity index (χ4n) is 2.84. The van der Waals surface area contributed by atoms with Crippen LogP contribution in [0.5, 0.6) is 5.75 Å². The first-order valence-electron chi connectivity index (χ1n) is 7.64. The van der Waals surface area contributed by atoms with Gasteiger partial charge in [-0.25, -0.2) is 4.79 Å². The van der Waals surface area contributed by atoms with Crippen molar-refractivity contribution in [3.8, 4) is 5.75 Å². The van der Waals surface area contributed by atoms with Crippen LogP contribution < -0.4 is 10.1 Å². The van der Waals surface area contributed by atoms with Gasteiger partial charge in [0.15, 0.2) is 0 Å². The molecule has 0 saturated heterocycles. The number of hydrogen-bond acceptors (Lipinski definition) is 3. The summed E-state index contributed by atoms with van der Waals surface area (Å²) in [5.74, 6) is 0.535. The van der Waals surface area contributed by atoms with Crippen LogP contribution in [0.3, 0.4) is 0 Å². The van der Waals surface area contributed by atoms with E-state index in [1.54, 1.807) is 18.3 Å². The Morgan fingerprint density at radius 1 is 1.14 bits per heavy atom. The lowest BCUT2D eigenvalue weighted by atomic mass is 10.1. The van der Waals surface area contributed by atoms with Crippen LogP contribution in [-0.4, -0.2) is 17.1 Å². The number of hydrogen-bond donors (Lipinski definition) is 1. The first kappa shape index (κ1) is 13.9. The molecular weight excluding hydrogens is 264 g/mol. The van der Waals surface area contributed by atoms with Gasteiger partial charge in [0, 0.05) is 23.7 Å². The lowest BCUT2D eigenvalue weighted by Crippen LogP contribution is -2.36. The van der Waals surface area contributed by atoms with Gasteiger partial charge >= 0.3 is 6.09 Å². The third-order valence-electron chi connectivity index (χ3n) is 3.97. The summed E-state index contributed by atoms with van der Waals surface area (Å²) in [6.45, 7) is 0. The van der Waals surface area contributed by atoms with Crippen molar-refractivity contribution in [2.24, 2.45) is 0 Å². The predicted molar refractivity (Wildman–Crippen MR) is 82.4 cm³/mol. The van der Waals surface area contributed by atoms with E-state index >= 15 is 0 Å². The molecule has 1 aromatic heterocycles. The van der Waals surface area contributed by atoms with Crippen molar-refractivity contribution < 1.29 is 9.53 Å². The lowest BCUT2D eigenvalue weighted by Gasteiger charge is -2.15. The maximum atomic E-state index is 12.0. The Labute approximate surface area is 124 Å². The molecule has 1 heterocycles. The largest absolute Gasteiger partial charge is 0.412 e. The highest BCUT2D eigenvalue weighted by Crippen LogP contribution is 2.20. The van der Waals surface area contributed by atoms with E-state index in [2.05, 4.69) is 10.3 Å². The molecule has 4 heteroatoms. The van der Waals surface area contributed by atoms with Crippen molar-refractivity contribution in [2.75, 3.05) is 0 Å². The number of benzene rings is 1. The van der Waals surface area contributed by atoms with Crippen LogP contribution in [-0.2, 0) is 0 Å². The number of carbonyl (C=O) groups is 1. The van der Waals surface area contributed by atoms with Crippen LogP contribution >= 0.6 is 0 Å². The van der Waals surface area contributed by atoms with E-state index in [1.165, 1.54) is 25.7 Å². The van der Waals surface area contributed by atoms with Crippen LogP contribution in [0, 0.1) is 0 Å². The number of nitrogens with zero attached hydrogens (tertiary/aromatic N) is 1. The summed E-state index contributed by atoms with van der Waals surface area (Å²) in [5, 5.41) is 4.01. The second-order valence-corrected chi connectivity index (χ2v) is 5.58. The molecule has 0 spiro atoms. The number of carbonyl (C=O) groups excluding carboxylic acids is 1. The van der Waals surface area contributed by atoms with Crippen molar-refractivity contribution in [2.45, 2.75) is 44.6 Å². The van der Waals surface area contributed by atoms with Crippen molar-refractivity contribution in [3.05, 3.63) is 36.5 Å². The third-order valence-corrected chi connectivity index (χ3v) is 3.97. The summed E-state index contributed by atoms with van der Waals surface area (Å²) in [5.41, 5.74) is 0.831. The van der Waals surface area contributed by atoms with Crippen LogP contribution in [0.25, 0.3) is 10.9 Å². The topological polar surface area (TPSA) is 51.2 Å². The van der Waals surface area contributed by atoms with E-state index in [4.69, 9.17) is 4.74 Å². The van der Waals surface area contributed by atoms with Crippen LogP contribution in [0.2, 0.25) is 0 Å². The van der Waals surface area contributed by atoms with E-state index < -0.39 is 0 Å². The minimum atomic E-state index is -0.364. The van der Waals surface area contributed by atoms with E-state index in [1.807, 2.05) is 18.2 Å². The highest BCUT2D eigenvalue weighted by molar-refractivity contribution is 5.81. The molecular formula is C17H20N2O2. The average molecular weight is 284 g/mol. The number of fused-ring (bicyclic) bond motifs is 1. The van der Waals surface area contributed by atoms with Gasteiger partial charge in [-0.2, -0.15) is 0 Å². The Morgan fingerprint density at radius 2 is 1.95 bits per heavy atom. The summed E-state index contributed by atoms with van der Waals surface area (Å²) in [7, 11) is 0. The molecule has 0 radical (unpaired) electrons. The smallest absolute Gasteiger partial charge is 0.410 e. The monoisotopic (exact) mass is 284 g/mol. The van der Waals surface area contributed by atoms with E-state index in [0.29, 0.717) is 5.75 Å². The first-order chi connectivity index (χ1) is 10.3. The Bertz CT molecular complexity index is 619. The third kappa shape index (κ3) is 3.72. The molecule has 0 bridgehead atoms. The van der Waals surface area contributed by atoms with Gasteiger partial charge in [0.25, 0.3) is 0 Å². The maximum Gasteiger partial charge on any atom is 0.412 e. The minimum absolute atomic E-state index is 0.249. The number of rotatable bonds is 2. The fourth-order valence-corrected chi connectivity index (χ4v) is 2.84. The Hall–Kier alpha value is -2.10. The number of ether oxygens (including phenoxy) is 1. The number of nitrogens with one attached hydrogen (secondary N) is 1. The molecule has 4 nitrogen and oxygen atoms in total. The molecule has 1 aromatic carbocycles. The van der Waals surface area contributed by atoms with Gasteiger partial charge in [0.05, 0.1) is 5.52 Å². The standard InChI is InChI=1S/C17H20N2O2/c20-17(19-14-7-3-1-2-4-8-14)21-15-10-9-13-6-5-11-18-16(13)12-15/h5-6,9-12,14H,1-4,7-8H2,(H,19,20). The Balaban J connectivity index is 1.62. The van der Waals surface area contributed by atoms with E-state index in [0.717, 1.165) is 23.7 Å². The van der Waals surface area contributed by atoms with Gasteiger partial charge in [-0.1, -0.05) is 31.7 Å². The fraction of sp³-hybridized carbons (Fsp3) is 0.412. The van der Waals surface area contributed by atoms with Gasteiger partial charge in [-0.3, -0.25) is 4.98 Å². The number of aromatic nitrogens is 1. The van der Waals surface area contributed by atoms with Crippen molar-refractivity contribution >= 4 is 17.0 Å². The van der Waals surface area contributed by atoms with Crippen LogP contribution in [0.4, 0.5) is 4.79 Å². The summed E-state index contributed by atoms with van der Waals surface area (Å²) in [6, 6.07) is 9.63. The molecule has 0 unspecified atom stereocenters. The quantitative estimate of drug-likeness (QED) is 0.846. The highest BCUT2D eigenvalue weighted by atomic mass is 16.6. The second kappa shape index (κ2) is 6.57. The summed E-state index contributed by atoms with van der Waals surface area (Å²) >= 11 is 0. The zero-order chi connectivity index (χ0) is 14.5. The minimum Gasteiger partial charge on any atom is -0.410 e. The first-order valence-corrected chi connectivity index (χ1v) is 7.64. The van der Waals surface area contributed by atoms with Gasteiger partial charge in [0.1, 0.15) is 5.75 Å². The van der Waals surface area contributed by atoms with Crippen molar-refractivity contribution in [1.82, 2.24) is 10.3 Å². The molecule has 21 heavy (non-hydrogen) atoms. The molecule has 2 aromatic rings. The normalized spacial score (nSPS) is 16.4. The molecule has 1 fully saturated rings. The predicted octanol–water partition coefficient (Wildman–Crippen LogP) is 4.05. The Morgan fingerprint density at radius 3 is 2.76 bits per heavy atom. The SMILES string of the molecule is O=C(NC1CCCCCC1)Oc1ccc2cccnc2c1. The summed E-state index contributed by atoms with van der Waals surface area (Å²) in [4.78, 5) is 16.2. The number of amides is 1. The molecule has 1 saturated carbocycles. The molecule has 0 aliphatic heterocycles. The van der Waals surface area contributed by atoms with Gasteiger partial charge < -0.3 is 10.1 Å². The van der Waals surface area contributed by atoms with Crippen LogP contribution in [0.1, 0.15) is 38.5 Å². The zero-order valence-corrected chi connectivity index (χ0v) is 12.0. The summed E-state index contributed by atoms with van der Waals surface area (Å²) < 4.78 is 5.38. The van der Waals surface area contributed by atoms with Crippen molar-refractivity contribution in [1.29, 1.82) is 0 Å². The molecule has 3 rings (SSSR count). The Kier molecular flexibility index (Phi) is 4.34. The molecule has 110 valence electrons. The van der Waals surface area contributed by atoms with Crippen molar-refractivity contribution in [3.63, 3.8) is 0 Å². The number of pyridine rings is 1.